The molecule has 0 unspecified atom stereocenters. The summed E-state index contributed by atoms with van der Waals surface area (Å²) in [6.07, 6.45) is 1.03. The summed E-state index contributed by atoms with van der Waals surface area (Å²) in [6.45, 7) is 5.33. The van der Waals surface area contributed by atoms with Crippen LogP contribution >= 0.6 is 0 Å². The highest BCUT2D eigenvalue weighted by atomic mass is 19.1. The van der Waals surface area contributed by atoms with E-state index in [2.05, 4.69) is 21.9 Å². The highest BCUT2D eigenvalue weighted by Crippen LogP contribution is 2.15. The number of nitrogens with zero attached hydrogens (tertiary/aromatic N) is 3. The lowest BCUT2D eigenvalue weighted by atomic mass is 10.1. The molecule has 6 heteroatoms. The first-order chi connectivity index (χ1) is 9.99. The third-order valence-corrected chi connectivity index (χ3v) is 3.38. The standard InChI is InChI=1S/C15H25FN4O/c1-4-20(10-6-9-19(2)3)11-12-7-5-8-13(14(12)16)15(17)18-21/h5,7-8,21H,4,6,9-11H2,1-3H3,(H2,17,18). The molecule has 1 aromatic rings. The van der Waals surface area contributed by atoms with Gasteiger partial charge in [0.1, 0.15) is 5.82 Å². The van der Waals surface area contributed by atoms with Crippen LogP contribution in [0.3, 0.4) is 0 Å². The molecule has 0 radical (unpaired) electrons. The van der Waals surface area contributed by atoms with Crippen molar-refractivity contribution in [3.63, 3.8) is 0 Å². The van der Waals surface area contributed by atoms with E-state index in [9.17, 15) is 4.39 Å². The van der Waals surface area contributed by atoms with E-state index < -0.39 is 5.82 Å². The molecule has 118 valence electrons. The van der Waals surface area contributed by atoms with Crippen LogP contribution in [0.5, 0.6) is 0 Å². The van der Waals surface area contributed by atoms with Gasteiger partial charge < -0.3 is 15.8 Å². The normalized spacial score (nSPS) is 12.4. The molecule has 1 aromatic carbocycles. The first kappa shape index (κ1) is 17.4. The molecule has 1 rings (SSSR count). The fraction of sp³-hybridized carbons (Fsp3) is 0.533. The van der Waals surface area contributed by atoms with Crippen molar-refractivity contribution < 1.29 is 9.60 Å². The van der Waals surface area contributed by atoms with Crippen molar-refractivity contribution in [1.29, 1.82) is 0 Å². The van der Waals surface area contributed by atoms with Crippen molar-refractivity contribution in [3.8, 4) is 0 Å². The summed E-state index contributed by atoms with van der Waals surface area (Å²) >= 11 is 0. The minimum Gasteiger partial charge on any atom is -0.409 e. The summed E-state index contributed by atoms with van der Waals surface area (Å²) in [6, 6.07) is 4.97. The van der Waals surface area contributed by atoms with Crippen LogP contribution in [0.2, 0.25) is 0 Å². The number of benzene rings is 1. The lowest BCUT2D eigenvalue weighted by Crippen LogP contribution is -2.27. The van der Waals surface area contributed by atoms with E-state index in [-0.39, 0.29) is 11.4 Å². The maximum absolute atomic E-state index is 14.4. The molecule has 0 saturated heterocycles. The number of oxime groups is 1. The van der Waals surface area contributed by atoms with Gasteiger partial charge in [-0.15, -0.1) is 0 Å². The second kappa shape index (κ2) is 8.59. The average Bonchev–Trinajstić information content (AvgIpc) is 2.46. The monoisotopic (exact) mass is 296 g/mol. The van der Waals surface area contributed by atoms with Crippen LogP contribution in [0.15, 0.2) is 23.4 Å². The Labute approximate surface area is 125 Å². The summed E-state index contributed by atoms with van der Waals surface area (Å²) in [5, 5.41) is 11.5. The van der Waals surface area contributed by atoms with E-state index in [1.54, 1.807) is 12.1 Å². The van der Waals surface area contributed by atoms with Crippen molar-refractivity contribution in [2.75, 3.05) is 33.7 Å². The summed E-state index contributed by atoms with van der Waals surface area (Å²) in [4.78, 5) is 4.31. The van der Waals surface area contributed by atoms with Crippen LogP contribution < -0.4 is 5.73 Å². The summed E-state index contributed by atoms with van der Waals surface area (Å²) < 4.78 is 14.4. The predicted molar refractivity (Wildman–Crippen MR) is 83.0 cm³/mol. The smallest absolute Gasteiger partial charge is 0.173 e. The molecule has 21 heavy (non-hydrogen) atoms. The van der Waals surface area contributed by atoms with Crippen LogP contribution in [0, 0.1) is 5.82 Å². The topological polar surface area (TPSA) is 65.1 Å². The minimum absolute atomic E-state index is 0.138. The fourth-order valence-electron chi connectivity index (χ4n) is 2.15. The molecule has 0 atom stereocenters. The number of hydrogen-bond acceptors (Lipinski definition) is 4. The Morgan fingerprint density at radius 3 is 2.62 bits per heavy atom. The number of halogens is 1. The summed E-state index contributed by atoms with van der Waals surface area (Å²) in [5.74, 6) is -0.621. The van der Waals surface area contributed by atoms with Crippen molar-refractivity contribution in [3.05, 3.63) is 35.1 Å². The average molecular weight is 296 g/mol. The van der Waals surface area contributed by atoms with E-state index in [0.717, 1.165) is 26.1 Å². The lowest BCUT2D eigenvalue weighted by Gasteiger charge is -2.22. The van der Waals surface area contributed by atoms with Crippen molar-refractivity contribution in [2.24, 2.45) is 10.9 Å². The SMILES string of the molecule is CCN(CCCN(C)C)Cc1cccc(/C(N)=N/O)c1F. The molecule has 0 heterocycles. The molecular weight excluding hydrogens is 271 g/mol. The summed E-state index contributed by atoms with van der Waals surface area (Å²) in [7, 11) is 4.08. The molecule has 0 aliphatic heterocycles. The molecule has 0 aliphatic rings. The van der Waals surface area contributed by atoms with Gasteiger partial charge >= 0.3 is 0 Å². The molecule has 3 N–H and O–H groups in total. The summed E-state index contributed by atoms with van der Waals surface area (Å²) in [5.41, 5.74) is 6.18. The zero-order chi connectivity index (χ0) is 15.8. The maximum Gasteiger partial charge on any atom is 0.173 e. The Balaban J connectivity index is 2.76. The molecule has 5 nitrogen and oxygen atoms in total. The molecule has 0 spiro atoms. The Hall–Kier alpha value is -1.66. The highest BCUT2D eigenvalue weighted by Gasteiger charge is 2.13. The number of rotatable bonds is 8. The van der Waals surface area contributed by atoms with Gasteiger partial charge in [-0.2, -0.15) is 0 Å². The van der Waals surface area contributed by atoms with Gasteiger partial charge in [0.15, 0.2) is 5.84 Å². The van der Waals surface area contributed by atoms with E-state index >= 15 is 0 Å². The molecule has 0 fully saturated rings. The van der Waals surface area contributed by atoms with Crippen molar-refractivity contribution in [2.45, 2.75) is 19.9 Å². The number of amidine groups is 1. The Kier molecular flexibility index (Phi) is 7.11. The second-order valence-corrected chi connectivity index (χ2v) is 5.29. The van der Waals surface area contributed by atoms with Gasteiger partial charge in [-0.25, -0.2) is 4.39 Å². The number of hydrogen-bond donors (Lipinski definition) is 2. The van der Waals surface area contributed by atoms with E-state index in [1.807, 2.05) is 14.1 Å². The van der Waals surface area contributed by atoms with E-state index in [4.69, 9.17) is 10.9 Å². The molecule has 0 aromatic heterocycles. The van der Waals surface area contributed by atoms with E-state index in [1.165, 1.54) is 6.07 Å². The fourth-order valence-corrected chi connectivity index (χ4v) is 2.15. The van der Waals surface area contributed by atoms with Gasteiger partial charge in [-0.3, -0.25) is 4.90 Å². The van der Waals surface area contributed by atoms with Gasteiger partial charge in [0.25, 0.3) is 0 Å². The molecular formula is C15H25FN4O. The first-order valence-electron chi connectivity index (χ1n) is 7.12. The van der Waals surface area contributed by atoms with Gasteiger partial charge in [-0.05, 0) is 46.2 Å². The van der Waals surface area contributed by atoms with E-state index in [0.29, 0.717) is 12.1 Å². The van der Waals surface area contributed by atoms with Crippen LogP contribution in [0.25, 0.3) is 0 Å². The number of nitrogens with two attached hydrogens (primary N) is 1. The van der Waals surface area contributed by atoms with Crippen LogP contribution in [0.1, 0.15) is 24.5 Å². The van der Waals surface area contributed by atoms with Crippen LogP contribution in [0.4, 0.5) is 4.39 Å². The molecule has 0 bridgehead atoms. The Bertz CT molecular complexity index is 477. The second-order valence-electron chi connectivity index (χ2n) is 5.29. The molecule has 0 amide bonds. The van der Waals surface area contributed by atoms with Gasteiger partial charge in [0.2, 0.25) is 0 Å². The first-order valence-corrected chi connectivity index (χ1v) is 7.12. The van der Waals surface area contributed by atoms with Gasteiger partial charge in [0, 0.05) is 12.1 Å². The third-order valence-electron chi connectivity index (χ3n) is 3.38. The Morgan fingerprint density at radius 1 is 1.33 bits per heavy atom. The third kappa shape index (κ3) is 5.32. The van der Waals surface area contributed by atoms with Gasteiger partial charge in [0.05, 0.1) is 5.56 Å². The van der Waals surface area contributed by atoms with Crippen LogP contribution in [-0.2, 0) is 6.54 Å². The quantitative estimate of drug-likeness (QED) is 0.332. The molecule has 0 aliphatic carbocycles. The zero-order valence-electron chi connectivity index (χ0n) is 13.0. The minimum atomic E-state index is -0.418. The van der Waals surface area contributed by atoms with Gasteiger partial charge in [-0.1, -0.05) is 24.2 Å². The molecule has 0 saturated carbocycles. The Morgan fingerprint density at radius 2 is 2.05 bits per heavy atom. The van der Waals surface area contributed by atoms with Crippen molar-refractivity contribution in [1.82, 2.24) is 9.80 Å². The largest absolute Gasteiger partial charge is 0.409 e. The van der Waals surface area contributed by atoms with Crippen LogP contribution in [-0.4, -0.2) is 54.6 Å². The maximum atomic E-state index is 14.4. The lowest BCUT2D eigenvalue weighted by molar-refractivity contribution is 0.256. The zero-order valence-corrected chi connectivity index (χ0v) is 13.0. The van der Waals surface area contributed by atoms with Crippen molar-refractivity contribution >= 4 is 5.84 Å². The predicted octanol–water partition coefficient (Wildman–Crippen LogP) is 1.69. The highest BCUT2D eigenvalue weighted by molar-refractivity contribution is 5.97.